The highest BCUT2D eigenvalue weighted by molar-refractivity contribution is 7.66. The number of hydrogen-bond acceptors (Lipinski definition) is 7. The van der Waals surface area contributed by atoms with Crippen LogP contribution in [-0.2, 0) is 0 Å². The zero-order valence-corrected chi connectivity index (χ0v) is 12.1. The van der Waals surface area contributed by atoms with Crippen LogP contribution in [0, 0.1) is 10.1 Å². The van der Waals surface area contributed by atoms with Gasteiger partial charge >= 0.3 is 0 Å². The fraction of sp³-hybridized carbons (Fsp3) is 0. The van der Waals surface area contributed by atoms with E-state index in [0.717, 1.165) is 0 Å². The summed E-state index contributed by atoms with van der Waals surface area (Å²) in [6.45, 7) is 0. The zero-order valence-electron chi connectivity index (χ0n) is 8.99. The monoisotopic (exact) mass is 334 g/mol. The Morgan fingerprint density at radius 3 is 2.58 bits per heavy atom. The lowest BCUT2D eigenvalue weighted by molar-refractivity contribution is -0.384. The Balaban J connectivity index is 2.27. The Labute approximate surface area is 124 Å². The lowest BCUT2D eigenvalue weighted by atomic mass is 10.2. The summed E-state index contributed by atoms with van der Waals surface area (Å²) in [5.74, 6) is 0. The van der Waals surface area contributed by atoms with Gasteiger partial charge in [0, 0.05) is 28.2 Å². The van der Waals surface area contributed by atoms with Crippen LogP contribution in [-0.4, -0.2) is 14.5 Å². The zero-order chi connectivity index (χ0) is 13.8. The van der Waals surface area contributed by atoms with E-state index in [1.807, 2.05) is 0 Å². The molecule has 2 aromatic rings. The SMILES string of the molecule is O=[N+]([O-])c1ccc(/C(Cl)=N/N=c2/ssnc2Cl)cc1. The number of nitrogens with zero attached hydrogens (tertiary/aromatic N) is 4. The van der Waals surface area contributed by atoms with Crippen LogP contribution < -0.4 is 4.67 Å². The second kappa shape index (κ2) is 6.20. The highest BCUT2D eigenvalue weighted by atomic mass is 35.5. The van der Waals surface area contributed by atoms with E-state index in [1.54, 1.807) is 0 Å². The molecule has 19 heavy (non-hydrogen) atoms. The van der Waals surface area contributed by atoms with E-state index in [-0.39, 0.29) is 16.0 Å². The van der Waals surface area contributed by atoms with Gasteiger partial charge in [0.1, 0.15) is 0 Å². The predicted molar refractivity (Wildman–Crippen MR) is 76.1 cm³/mol. The second-order valence-corrected chi connectivity index (χ2v) is 5.69. The van der Waals surface area contributed by atoms with E-state index in [1.165, 1.54) is 45.1 Å². The van der Waals surface area contributed by atoms with Crippen molar-refractivity contribution in [2.45, 2.75) is 0 Å². The molecule has 0 aliphatic rings. The van der Waals surface area contributed by atoms with Gasteiger partial charge in [0.2, 0.25) is 0 Å². The highest BCUT2D eigenvalue weighted by Crippen LogP contribution is 2.14. The van der Waals surface area contributed by atoms with Crippen molar-refractivity contribution >= 4 is 54.9 Å². The summed E-state index contributed by atoms with van der Waals surface area (Å²) in [7, 11) is 2.47. The van der Waals surface area contributed by atoms with E-state index in [9.17, 15) is 10.1 Å². The van der Waals surface area contributed by atoms with E-state index < -0.39 is 4.92 Å². The van der Waals surface area contributed by atoms with Crippen LogP contribution in [0.3, 0.4) is 0 Å². The minimum Gasteiger partial charge on any atom is -0.258 e. The first-order chi connectivity index (χ1) is 9.08. The fourth-order valence-corrected chi connectivity index (χ4v) is 3.16. The standard InChI is InChI=1S/C9H4Cl2N4O2S2/c10-7(12-13-9-8(11)14-19-18-9)5-1-3-6(4-2-5)15(16)17/h1-4H/b12-7-,13-9+. The van der Waals surface area contributed by atoms with Crippen molar-refractivity contribution < 1.29 is 4.92 Å². The molecule has 98 valence electrons. The smallest absolute Gasteiger partial charge is 0.258 e. The molecule has 0 radical (unpaired) electrons. The minimum absolute atomic E-state index is 0.0162. The second-order valence-electron chi connectivity index (χ2n) is 3.14. The molecule has 1 heterocycles. The van der Waals surface area contributed by atoms with Gasteiger partial charge in [-0.2, -0.15) is 4.37 Å². The van der Waals surface area contributed by atoms with Gasteiger partial charge in [0.25, 0.3) is 5.69 Å². The lowest BCUT2D eigenvalue weighted by Crippen LogP contribution is -1.96. The molecule has 0 amide bonds. The Bertz CT molecular complexity index is 693. The van der Waals surface area contributed by atoms with Gasteiger partial charge in [0.15, 0.2) is 15.0 Å². The summed E-state index contributed by atoms with van der Waals surface area (Å²) in [5, 5.41) is 18.5. The first-order valence-corrected chi connectivity index (χ1v) is 7.57. The molecule has 0 saturated carbocycles. The summed E-state index contributed by atoms with van der Waals surface area (Å²) in [4.78, 5) is 10.0. The Hall–Kier alpha value is -1.35. The summed E-state index contributed by atoms with van der Waals surface area (Å²) >= 11 is 11.7. The molecule has 0 fully saturated rings. The van der Waals surface area contributed by atoms with Gasteiger partial charge in [-0.25, -0.2) is 0 Å². The molecule has 0 aliphatic heterocycles. The molecule has 10 heteroatoms. The summed E-state index contributed by atoms with van der Waals surface area (Å²) in [6, 6.07) is 5.68. The number of nitro groups is 1. The van der Waals surface area contributed by atoms with Crippen molar-refractivity contribution in [1.82, 2.24) is 4.37 Å². The molecular weight excluding hydrogens is 331 g/mol. The summed E-state index contributed by atoms with van der Waals surface area (Å²) < 4.78 is 4.31. The van der Waals surface area contributed by atoms with Crippen LogP contribution in [0.25, 0.3) is 0 Å². The van der Waals surface area contributed by atoms with Gasteiger partial charge in [-0.3, -0.25) is 10.1 Å². The van der Waals surface area contributed by atoms with Gasteiger partial charge in [-0.05, 0) is 22.5 Å². The maximum absolute atomic E-state index is 10.5. The van der Waals surface area contributed by atoms with Crippen molar-refractivity contribution in [3.8, 4) is 0 Å². The van der Waals surface area contributed by atoms with Crippen LogP contribution in [0.5, 0.6) is 0 Å². The number of rotatable bonds is 3. The molecule has 0 bridgehead atoms. The molecule has 0 spiro atoms. The normalized spacial score (nSPS) is 12.7. The van der Waals surface area contributed by atoms with E-state index in [2.05, 4.69) is 14.6 Å². The van der Waals surface area contributed by atoms with Crippen LogP contribution in [0.4, 0.5) is 5.69 Å². The summed E-state index contributed by atoms with van der Waals surface area (Å²) in [6.07, 6.45) is 0. The Kier molecular flexibility index (Phi) is 4.59. The average Bonchev–Trinajstić information content (AvgIpc) is 2.81. The molecule has 0 atom stereocenters. The first kappa shape index (κ1) is 14.1. The summed E-state index contributed by atoms with van der Waals surface area (Å²) in [5.41, 5.74) is 0.512. The number of aromatic nitrogens is 1. The quantitative estimate of drug-likeness (QED) is 0.374. The molecule has 1 aromatic heterocycles. The van der Waals surface area contributed by atoms with Crippen LogP contribution >= 0.6 is 44.1 Å². The molecule has 0 saturated heterocycles. The largest absolute Gasteiger partial charge is 0.269 e. The van der Waals surface area contributed by atoms with Crippen LogP contribution in [0.1, 0.15) is 5.56 Å². The lowest BCUT2D eigenvalue weighted by Gasteiger charge is -1.95. The van der Waals surface area contributed by atoms with E-state index in [0.29, 0.717) is 10.2 Å². The van der Waals surface area contributed by atoms with Gasteiger partial charge < -0.3 is 0 Å². The third-order valence-electron chi connectivity index (χ3n) is 1.96. The maximum Gasteiger partial charge on any atom is 0.269 e. The van der Waals surface area contributed by atoms with E-state index in [4.69, 9.17) is 23.2 Å². The third-order valence-corrected chi connectivity index (χ3v) is 4.41. The first-order valence-electron chi connectivity index (χ1n) is 4.71. The maximum atomic E-state index is 10.5. The van der Waals surface area contributed by atoms with Crippen molar-refractivity contribution in [2.24, 2.45) is 10.2 Å². The van der Waals surface area contributed by atoms with Crippen molar-refractivity contribution in [1.29, 1.82) is 0 Å². The Morgan fingerprint density at radius 2 is 2.05 bits per heavy atom. The minimum atomic E-state index is -0.488. The number of hydrogen-bond donors (Lipinski definition) is 0. The number of benzene rings is 1. The highest BCUT2D eigenvalue weighted by Gasteiger charge is 2.06. The molecular formula is C9H4Cl2N4O2S2. The molecule has 2 rings (SSSR count). The Morgan fingerprint density at radius 1 is 1.37 bits per heavy atom. The third kappa shape index (κ3) is 3.57. The number of non-ortho nitro benzene ring substituents is 1. The average molecular weight is 335 g/mol. The number of nitro benzene ring substituents is 1. The van der Waals surface area contributed by atoms with Crippen molar-refractivity contribution in [3.63, 3.8) is 0 Å². The predicted octanol–water partition coefficient (Wildman–Crippen LogP) is 3.27. The van der Waals surface area contributed by atoms with Crippen LogP contribution in [0.15, 0.2) is 34.5 Å². The van der Waals surface area contributed by atoms with Gasteiger partial charge in [-0.1, -0.05) is 23.2 Å². The molecule has 0 aliphatic carbocycles. The van der Waals surface area contributed by atoms with Crippen LogP contribution in [0.2, 0.25) is 5.15 Å². The topological polar surface area (TPSA) is 80.8 Å². The fourth-order valence-electron chi connectivity index (χ4n) is 1.09. The van der Waals surface area contributed by atoms with Crippen molar-refractivity contribution in [3.05, 3.63) is 49.8 Å². The van der Waals surface area contributed by atoms with E-state index >= 15 is 0 Å². The van der Waals surface area contributed by atoms with Gasteiger partial charge in [0.05, 0.1) is 4.92 Å². The van der Waals surface area contributed by atoms with Crippen molar-refractivity contribution in [2.75, 3.05) is 0 Å². The molecule has 0 unspecified atom stereocenters. The number of halogens is 2. The molecule has 0 N–H and O–H groups in total. The van der Waals surface area contributed by atoms with Gasteiger partial charge in [-0.15, -0.1) is 10.2 Å². The molecule has 6 nitrogen and oxygen atoms in total. The molecule has 1 aromatic carbocycles.